The van der Waals surface area contributed by atoms with Crippen molar-refractivity contribution in [1.82, 2.24) is 5.32 Å². The highest BCUT2D eigenvalue weighted by molar-refractivity contribution is 7.16. The maximum absolute atomic E-state index is 12.2. The van der Waals surface area contributed by atoms with Gasteiger partial charge in [-0.25, -0.2) is 0 Å². The van der Waals surface area contributed by atoms with Gasteiger partial charge in [0.1, 0.15) is 0 Å². The standard InChI is InChI=1S/C14H18ClNO3S/c1-8(11-6-7-12(15)20-11)13(17)16-10-4-2-9(3-5-10)14(18)19/h6-10H,2-5H2,1H3,(H,16,17)(H,18,19). The Bertz CT molecular complexity index is 494. The summed E-state index contributed by atoms with van der Waals surface area (Å²) in [5.41, 5.74) is 0. The summed E-state index contributed by atoms with van der Waals surface area (Å²) in [7, 11) is 0. The fourth-order valence-corrected chi connectivity index (χ4v) is 3.61. The second kappa shape index (κ2) is 6.59. The van der Waals surface area contributed by atoms with Crippen LogP contribution in [0.5, 0.6) is 0 Å². The first-order valence-corrected chi connectivity index (χ1v) is 7.95. The van der Waals surface area contributed by atoms with E-state index in [1.165, 1.54) is 11.3 Å². The van der Waals surface area contributed by atoms with Crippen molar-refractivity contribution in [2.24, 2.45) is 5.92 Å². The van der Waals surface area contributed by atoms with Crippen LogP contribution in [0.2, 0.25) is 4.34 Å². The van der Waals surface area contributed by atoms with Crippen molar-refractivity contribution in [2.45, 2.75) is 44.6 Å². The molecule has 2 rings (SSSR count). The molecule has 2 N–H and O–H groups in total. The summed E-state index contributed by atoms with van der Waals surface area (Å²) in [4.78, 5) is 24.0. The number of carboxylic acids is 1. The molecule has 1 atom stereocenters. The van der Waals surface area contributed by atoms with Gasteiger partial charge in [-0.3, -0.25) is 9.59 Å². The van der Waals surface area contributed by atoms with Gasteiger partial charge in [-0.2, -0.15) is 0 Å². The van der Waals surface area contributed by atoms with E-state index >= 15 is 0 Å². The Hall–Kier alpha value is -1.07. The van der Waals surface area contributed by atoms with E-state index in [2.05, 4.69) is 5.32 Å². The molecule has 1 unspecified atom stereocenters. The van der Waals surface area contributed by atoms with Crippen LogP contribution in [0.4, 0.5) is 0 Å². The molecule has 1 fully saturated rings. The number of hydrogen-bond donors (Lipinski definition) is 2. The highest BCUT2D eigenvalue weighted by Gasteiger charge is 2.28. The van der Waals surface area contributed by atoms with Crippen molar-refractivity contribution in [3.63, 3.8) is 0 Å². The van der Waals surface area contributed by atoms with Crippen LogP contribution in [0.15, 0.2) is 12.1 Å². The lowest BCUT2D eigenvalue weighted by molar-refractivity contribution is -0.142. The molecule has 4 nitrogen and oxygen atoms in total. The van der Waals surface area contributed by atoms with Crippen molar-refractivity contribution in [1.29, 1.82) is 0 Å². The summed E-state index contributed by atoms with van der Waals surface area (Å²) in [5, 5.41) is 12.0. The van der Waals surface area contributed by atoms with E-state index in [-0.39, 0.29) is 23.8 Å². The number of halogens is 1. The minimum absolute atomic E-state index is 0.0118. The number of carboxylic acid groups (broad SMARTS) is 1. The van der Waals surface area contributed by atoms with E-state index in [9.17, 15) is 9.59 Å². The first-order chi connectivity index (χ1) is 9.47. The summed E-state index contributed by atoms with van der Waals surface area (Å²) in [6.07, 6.45) is 2.75. The van der Waals surface area contributed by atoms with Gasteiger partial charge in [0, 0.05) is 10.9 Å². The molecule has 0 spiro atoms. The molecule has 1 saturated carbocycles. The average molecular weight is 316 g/mol. The third kappa shape index (κ3) is 3.73. The zero-order valence-corrected chi connectivity index (χ0v) is 12.8. The SMILES string of the molecule is CC(C(=O)NC1CCC(C(=O)O)CC1)c1ccc(Cl)s1. The third-order valence-corrected chi connectivity index (χ3v) is 5.25. The number of thiophene rings is 1. The first-order valence-electron chi connectivity index (χ1n) is 6.75. The Morgan fingerprint density at radius 1 is 1.35 bits per heavy atom. The Balaban J connectivity index is 1.85. The Morgan fingerprint density at radius 2 is 2.00 bits per heavy atom. The maximum Gasteiger partial charge on any atom is 0.306 e. The molecule has 1 amide bonds. The predicted octanol–water partition coefficient (Wildman–Crippen LogP) is 3.26. The molecule has 1 heterocycles. The van der Waals surface area contributed by atoms with E-state index in [1.807, 2.05) is 13.0 Å². The summed E-state index contributed by atoms with van der Waals surface area (Å²) < 4.78 is 0.682. The molecule has 6 heteroatoms. The summed E-state index contributed by atoms with van der Waals surface area (Å²) in [5.74, 6) is -1.21. The number of amides is 1. The number of rotatable bonds is 4. The van der Waals surface area contributed by atoms with Crippen LogP contribution in [0.1, 0.15) is 43.4 Å². The van der Waals surface area contributed by atoms with Gasteiger partial charge >= 0.3 is 5.97 Å². The number of nitrogens with one attached hydrogen (secondary N) is 1. The van der Waals surface area contributed by atoms with Crippen LogP contribution in [0, 0.1) is 5.92 Å². The lowest BCUT2D eigenvalue weighted by Crippen LogP contribution is -2.40. The van der Waals surface area contributed by atoms with Gasteiger partial charge in [0.25, 0.3) is 0 Å². The van der Waals surface area contributed by atoms with Crippen LogP contribution in [0.25, 0.3) is 0 Å². The monoisotopic (exact) mass is 315 g/mol. The van der Waals surface area contributed by atoms with Crippen molar-refractivity contribution in [3.05, 3.63) is 21.3 Å². The van der Waals surface area contributed by atoms with Crippen molar-refractivity contribution in [3.8, 4) is 0 Å². The maximum atomic E-state index is 12.2. The largest absolute Gasteiger partial charge is 0.481 e. The normalized spacial score (nSPS) is 24.1. The quantitative estimate of drug-likeness (QED) is 0.896. The molecule has 1 aromatic heterocycles. The van der Waals surface area contributed by atoms with Crippen molar-refractivity contribution in [2.75, 3.05) is 0 Å². The van der Waals surface area contributed by atoms with Crippen LogP contribution in [-0.4, -0.2) is 23.0 Å². The van der Waals surface area contributed by atoms with E-state index in [1.54, 1.807) is 6.07 Å². The molecule has 0 aromatic carbocycles. The van der Waals surface area contributed by atoms with Crippen LogP contribution >= 0.6 is 22.9 Å². The number of hydrogen-bond acceptors (Lipinski definition) is 3. The second-order valence-electron chi connectivity index (χ2n) is 5.26. The zero-order chi connectivity index (χ0) is 14.7. The van der Waals surface area contributed by atoms with Crippen molar-refractivity contribution < 1.29 is 14.7 Å². The van der Waals surface area contributed by atoms with E-state index < -0.39 is 5.97 Å². The highest BCUT2D eigenvalue weighted by atomic mass is 35.5. The smallest absolute Gasteiger partial charge is 0.306 e. The first kappa shape index (κ1) is 15.3. The van der Waals surface area contributed by atoms with Crippen LogP contribution in [0.3, 0.4) is 0 Å². The molecule has 110 valence electrons. The fraction of sp³-hybridized carbons (Fsp3) is 0.571. The van der Waals surface area contributed by atoms with Gasteiger partial charge in [-0.15, -0.1) is 11.3 Å². The average Bonchev–Trinajstić information content (AvgIpc) is 2.85. The summed E-state index contributed by atoms with van der Waals surface area (Å²) in [6.45, 7) is 1.86. The Kier molecular flexibility index (Phi) is 5.05. The van der Waals surface area contributed by atoms with Gasteiger partial charge in [0.2, 0.25) is 5.91 Å². The van der Waals surface area contributed by atoms with E-state index in [0.29, 0.717) is 17.2 Å². The summed E-state index contributed by atoms with van der Waals surface area (Å²) in [6, 6.07) is 3.76. The molecule has 20 heavy (non-hydrogen) atoms. The second-order valence-corrected chi connectivity index (χ2v) is 7.01. The van der Waals surface area contributed by atoms with Gasteiger partial charge in [0.15, 0.2) is 0 Å². The third-order valence-electron chi connectivity index (χ3n) is 3.84. The van der Waals surface area contributed by atoms with E-state index in [4.69, 9.17) is 16.7 Å². The van der Waals surface area contributed by atoms with Gasteiger partial charge < -0.3 is 10.4 Å². The van der Waals surface area contributed by atoms with Gasteiger partial charge in [-0.1, -0.05) is 11.6 Å². The lowest BCUT2D eigenvalue weighted by Gasteiger charge is -2.27. The Morgan fingerprint density at radius 3 is 2.50 bits per heavy atom. The zero-order valence-electron chi connectivity index (χ0n) is 11.3. The van der Waals surface area contributed by atoms with Crippen molar-refractivity contribution >= 4 is 34.8 Å². The minimum Gasteiger partial charge on any atom is -0.481 e. The topological polar surface area (TPSA) is 66.4 Å². The molecule has 1 aromatic rings. The molecular formula is C14H18ClNO3S. The van der Waals surface area contributed by atoms with Crippen LogP contribution in [-0.2, 0) is 9.59 Å². The number of carbonyl (C=O) groups excluding carboxylic acids is 1. The van der Waals surface area contributed by atoms with Gasteiger partial charge in [0.05, 0.1) is 16.2 Å². The highest BCUT2D eigenvalue weighted by Crippen LogP contribution is 2.29. The summed E-state index contributed by atoms with van der Waals surface area (Å²) >= 11 is 7.30. The lowest BCUT2D eigenvalue weighted by atomic mass is 9.86. The van der Waals surface area contributed by atoms with E-state index in [0.717, 1.165) is 17.7 Å². The molecular weight excluding hydrogens is 298 g/mol. The molecule has 1 aliphatic rings. The Labute approximate surface area is 127 Å². The van der Waals surface area contributed by atoms with Gasteiger partial charge in [-0.05, 0) is 44.7 Å². The number of carbonyl (C=O) groups is 2. The molecule has 0 saturated heterocycles. The van der Waals surface area contributed by atoms with Crippen LogP contribution < -0.4 is 5.32 Å². The predicted molar refractivity (Wildman–Crippen MR) is 79.3 cm³/mol. The molecule has 0 radical (unpaired) electrons. The fourth-order valence-electron chi connectivity index (χ4n) is 2.50. The number of aliphatic carboxylic acids is 1. The molecule has 1 aliphatic carbocycles. The molecule has 0 aliphatic heterocycles. The minimum atomic E-state index is -0.726. The molecule has 0 bridgehead atoms.